The molecule has 0 amide bonds. The zero-order valence-corrected chi connectivity index (χ0v) is 18.7. The normalized spacial score (nSPS) is 16.7. The molecule has 0 aliphatic carbocycles. The van der Waals surface area contributed by atoms with Crippen molar-refractivity contribution in [2.75, 3.05) is 31.6 Å². The molecule has 7 heteroatoms. The van der Waals surface area contributed by atoms with Crippen LogP contribution in [0.1, 0.15) is 35.4 Å². The average molecular weight is 437 g/mol. The molecule has 6 nitrogen and oxygen atoms in total. The van der Waals surface area contributed by atoms with Gasteiger partial charge >= 0.3 is 0 Å². The topological polar surface area (TPSA) is 50.7 Å². The Bertz CT molecular complexity index is 1020. The molecule has 2 aliphatic rings. The maximum atomic E-state index is 6.35. The van der Waals surface area contributed by atoms with Crippen molar-refractivity contribution in [2.24, 2.45) is 0 Å². The third-order valence-electron chi connectivity index (χ3n) is 5.94. The number of nitrogens with zero attached hydrogens (tertiary/aromatic N) is 4. The van der Waals surface area contributed by atoms with Crippen molar-refractivity contribution in [2.45, 2.75) is 38.8 Å². The van der Waals surface area contributed by atoms with Crippen LogP contribution in [0.4, 0.5) is 5.95 Å². The Hall–Kier alpha value is -2.64. The number of piperidine rings is 1. The predicted molar refractivity (Wildman–Crippen MR) is 123 cm³/mol. The van der Waals surface area contributed by atoms with Gasteiger partial charge in [-0.15, -0.1) is 11.3 Å². The molecule has 0 bridgehead atoms. The van der Waals surface area contributed by atoms with Gasteiger partial charge in [-0.05, 0) is 42.8 Å². The first-order valence-corrected chi connectivity index (χ1v) is 11.9. The van der Waals surface area contributed by atoms with E-state index in [-0.39, 0.29) is 0 Å². The van der Waals surface area contributed by atoms with Gasteiger partial charge in [0.15, 0.2) is 0 Å². The van der Waals surface area contributed by atoms with Crippen LogP contribution in [-0.4, -0.2) is 41.6 Å². The molecule has 162 valence electrons. The molecule has 1 fully saturated rings. The summed E-state index contributed by atoms with van der Waals surface area (Å²) in [5, 5.41) is 2.14. The number of rotatable bonds is 6. The molecule has 3 aromatic rings. The van der Waals surface area contributed by atoms with E-state index in [1.807, 2.05) is 24.3 Å². The molecule has 0 N–H and O–H groups in total. The summed E-state index contributed by atoms with van der Waals surface area (Å²) in [4.78, 5) is 16.1. The molecule has 0 atom stereocenters. The molecule has 2 aromatic heterocycles. The van der Waals surface area contributed by atoms with Crippen molar-refractivity contribution >= 4 is 17.3 Å². The number of aromatic nitrogens is 2. The molecule has 0 radical (unpaired) electrons. The summed E-state index contributed by atoms with van der Waals surface area (Å²) in [6, 6.07) is 12.0. The molecular weight excluding hydrogens is 408 g/mol. The van der Waals surface area contributed by atoms with E-state index in [1.165, 1.54) is 24.1 Å². The second-order valence-corrected chi connectivity index (χ2v) is 9.16. The summed E-state index contributed by atoms with van der Waals surface area (Å²) < 4.78 is 11.7. The maximum absolute atomic E-state index is 6.35. The number of fused-ring (bicyclic) bond motifs is 1. The van der Waals surface area contributed by atoms with Crippen molar-refractivity contribution in [3.05, 3.63) is 57.9 Å². The summed E-state index contributed by atoms with van der Waals surface area (Å²) in [5.74, 6) is 2.99. The minimum absolute atomic E-state index is 0.676. The van der Waals surface area contributed by atoms with Gasteiger partial charge in [0.05, 0.1) is 18.4 Å². The van der Waals surface area contributed by atoms with Gasteiger partial charge in [-0.1, -0.05) is 12.1 Å². The molecule has 31 heavy (non-hydrogen) atoms. The van der Waals surface area contributed by atoms with Gasteiger partial charge in [-0.2, -0.15) is 4.98 Å². The van der Waals surface area contributed by atoms with Gasteiger partial charge < -0.3 is 14.4 Å². The quantitative estimate of drug-likeness (QED) is 0.549. The van der Waals surface area contributed by atoms with Crippen molar-refractivity contribution in [3.63, 3.8) is 0 Å². The number of ether oxygens (including phenoxy) is 2. The number of thiophene rings is 1. The van der Waals surface area contributed by atoms with Gasteiger partial charge in [0.2, 0.25) is 11.8 Å². The highest BCUT2D eigenvalue weighted by molar-refractivity contribution is 7.09. The summed E-state index contributed by atoms with van der Waals surface area (Å²) >= 11 is 1.81. The Balaban J connectivity index is 1.46. The van der Waals surface area contributed by atoms with Crippen LogP contribution in [-0.2, 0) is 19.5 Å². The van der Waals surface area contributed by atoms with E-state index in [0.29, 0.717) is 5.88 Å². The highest BCUT2D eigenvalue weighted by atomic mass is 32.1. The number of benzene rings is 1. The first-order valence-electron chi connectivity index (χ1n) is 11.0. The molecule has 0 spiro atoms. The summed E-state index contributed by atoms with van der Waals surface area (Å²) in [7, 11) is 1.67. The van der Waals surface area contributed by atoms with Gasteiger partial charge in [-0.3, -0.25) is 4.90 Å². The minimum atomic E-state index is 0.676. The third kappa shape index (κ3) is 4.67. The molecule has 1 aromatic carbocycles. The lowest BCUT2D eigenvalue weighted by molar-refractivity contribution is 0.240. The average Bonchev–Trinajstić information content (AvgIpc) is 3.33. The molecule has 2 aliphatic heterocycles. The van der Waals surface area contributed by atoms with Crippen LogP contribution in [0, 0.1) is 0 Å². The lowest BCUT2D eigenvalue weighted by Crippen LogP contribution is -2.34. The first kappa shape index (κ1) is 20.3. The highest BCUT2D eigenvalue weighted by Crippen LogP contribution is 2.33. The molecule has 4 heterocycles. The van der Waals surface area contributed by atoms with E-state index >= 15 is 0 Å². The Morgan fingerprint density at radius 1 is 1.00 bits per heavy atom. The summed E-state index contributed by atoms with van der Waals surface area (Å²) in [6.07, 6.45) is 4.59. The highest BCUT2D eigenvalue weighted by Gasteiger charge is 2.26. The fourth-order valence-electron chi connectivity index (χ4n) is 4.28. The Kier molecular flexibility index (Phi) is 6.04. The Labute approximate surface area is 187 Å². The van der Waals surface area contributed by atoms with Gasteiger partial charge in [0, 0.05) is 50.1 Å². The van der Waals surface area contributed by atoms with Crippen LogP contribution in [0.15, 0.2) is 41.8 Å². The molecular formula is C24H28N4O2S. The summed E-state index contributed by atoms with van der Waals surface area (Å²) in [6.45, 7) is 4.78. The minimum Gasteiger partial charge on any atom is -0.497 e. The van der Waals surface area contributed by atoms with Crippen LogP contribution < -0.4 is 14.4 Å². The molecule has 5 rings (SSSR count). The lowest BCUT2D eigenvalue weighted by Gasteiger charge is -2.31. The predicted octanol–water partition coefficient (Wildman–Crippen LogP) is 4.89. The van der Waals surface area contributed by atoms with Gasteiger partial charge in [0.1, 0.15) is 11.5 Å². The first-order chi connectivity index (χ1) is 15.3. The fraction of sp³-hybridized carbons (Fsp3) is 0.417. The number of anilines is 1. The lowest BCUT2D eigenvalue weighted by atomic mass is 10.1. The molecule has 0 unspecified atom stereocenters. The second-order valence-electron chi connectivity index (χ2n) is 8.12. The van der Waals surface area contributed by atoms with Crippen LogP contribution in [0.5, 0.6) is 17.4 Å². The van der Waals surface area contributed by atoms with E-state index in [9.17, 15) is 0 Å². The number of hydrogen-bond acceptors (Lipinski definition) is 7. The van der Waals surface area contributed by atoms with Crippen LogP contribution in [0.2, 0.25) is 0 Å². The zero-order valence-electron chi connectivity index (χ0n) is 17.9. The van der Waals surface area contributed by atoms with Crippen molar-refractivity contribution < 1.29 is 9.47 Å². The standard InChI is InChI=1S/C24H28N4O2S/c1-29-18-7-5-8-19(15-18)30-23-21-17-27(16-20-9-6-14-31-20)13-10-22(21)25-24(26-23)28-11-3-2-4-12-28/h5-9,14-15H,2-4,10-13,16-17H2,1H3. The van der Waals surface area contributed by atoms with Gasteiger partial charge in [0.25, 0.3) is 0 Å². The SMILES string of the molecule is COc1cccc(Oc2nc(N3CCCCC3)nc3c2CN(Cc2cccs2)CC3)c1. The number of methoxy groups -OCH3 is 1. The molecule has 0 saturated carbocycles. The third-order valence-corrected chi connectivity index (χ3v) is 6.80. The molecule has 1 saturated heterocycles. The van der Waals surface area contributed by atoms with Crippen LogP contribution in [0.3, 0.4) is 0 Å². The van der Waals surface area contributed by atoms with E-state index in [4.69, 9.17) is 19.4 Å². The summed E-state index contributed by atoms with van der Waals surface area (Å²) in [5.41, 5.74) is 2.22. The monoisotopic (exact) mass is 436 g/mol. The Morgan fingerprint density at radius 3 is 2.68 bits per heavy atom. The fourth-order valence-corrected chi connectivity index (χ4v) is 5.03. The maximum Gasteiger partial charge on any atom is 0.228 e. The van der Waals surface area contributed by atoms with E-state index < -0.39 is 0 Å². The Morgan fingerprint density at radius 2 is 1.87 bits per heavy atom. The largest absolute Gasteiger partial charge is 0.497 e. The van der Waals surface area contributed by atoms with Crippen molar-refractivity contribution in [1.82, 2.24) is 14.9 Å². The second kappa shape index (κ2) is 9.24. The van der Waals surface area contributed by atoms with Crippen molar-refractivity contribution in [3.8, 4) is 17.4 Å². The van der Waals surface area contributed by atoms with E-state index in [2.05, 4.69) is 27.3 Å². The van der Waals surface area contributed by atoms with E-state index in [1.54, 1.807) is 18.4 Å². The van der Waals surface area contributed by atoms with Crippen LogP contribution >= 0.6 is 11.3 Å². The van der Waals surface area contributed by atoms with E-state index in [0.717, 1.165) is 67.8 Å². The number of hydrogen-bond donors (Lipinski definition) is 0. The zero-order chi connectivity index (χ0) is 21.0. The van der Waals surface area contributed by atoms with Crippen LogP contribution in [0.25, 0.3) is 0 Å². The van der Waals surface area contributed by atoms with Gasteiger partial charge in [-0.25, -0.2) is 4.98 Å². The smallest absolute Gasteiger partial charge is 0.228 e. The van der Waals surface area contributed by atoms with Crippen molar-refractivity contribution in [1.29, 1.82) is 0 Å².